The van der Waals surface area contributed by atoms with Gasteiger partial charge in [0.1, 0.15) is 0 Å². The minimum Gasteiger partial charge on any atom is -0.494 e. The minimum absolute atomic E-state index is 0.296. The first kappa shape index (κ1) is 18.7. The number of methoxy groups -OCH3 is 1. The quantitative estimate of drug-likeness (QED) is 0.657. The molecule has 1 aliphatic rings. The lowest BCUT2D eigenvalue weighted by molar-refractivity contribution is 0.122. The summed E-state index contributed by atoms with van der Waals surface area (Å²) in [7, 11) is 1.49. The molecule has 0 unspecified atom stereocenters. The van der Waals surface area contributed by atoms with Gasteiger partial charge in [0.25, 0.3) is 0 Å². The number of aromatic nitrogens is 2. The van der Waals surface area contributed by atoms with E-state index in [1.807, 2.05) is 35.1 Å². The molecule has 1 fully saturated rings. The fourth-order valence-corrected chi connectivity index (χ4v) is 3.59. The van der Waals surface area contributed by atoms with Crippen LogP contribution >= 0.6 is 0 Å². The summed E-state index contributed by atoms with van der Waals surface area (Å²) in [5.41, 5.74) is 3.27. The third-order valence-corrected chi connectivity index (χ3v) is 5.15. The van der Waals surface area contributed by atoms with Gasteiger partial charge < -0.3 is 4.74 Å². The van der Waals surface area contributed by atoms with Crippen molar-refractivity contribution in [3.05, 3.63) is 77.9 Å². The van der Waals surface area contributed by atoms with Gasteiger partial charge in [-0.15, -0.1) is 0 Å². The summed E-state index contributed by atoms with van der Waals surface area (Å²) >= 11 is 0. The first-order valence-electron chi connectivity index (χ1n) is 9.57. The van der Waals surface area contributed by atoms with Crippen LogP contribution < -0.4 is 4.74 Å². The lowest BCUT2D eigenvalue weighted by Gasteiger charge is -2.34. The summed E-state index contributed by atoms with van der Waals surface area (Å²) in [5.74, 6) is -0.00122. The number of para-hydroxylation sites is 1. The number of hydrogen-bond donors (Lipinski definition) is 0. The molecule has 6 heteroatoms. The molecular formula is C22H25FN4O. The monoisotopic (exact) mass is 380 g/mol. The van der Waals surface area contributed by atoms with Crippen LogP contribution in [0.15, 0.2) is 60.9 Å². The highest BCUT2D eigenvalue weighted by molar-refractivity contribution is 5.31. The van der Waals surface area contributed by atoms with E-state index in [1.54, 1.807) is 12.1 Å². The zero-order chi connectivity index (χ0) is 19.3. The number of ether oxygens (including phenoxy) is 1. The molecule has 3 aromatic rings. The van der Waals surface area contributed by atoms with Crippen molar-refractivity contribution in [2.45, 2.75) is 13.1 Å². The minimum atomic E-state index is -0.297. The van der Waals surface area contributed by atoms with Crippen molar-refractivity contribution in [1.82, 2.24) is 19.6 Å². The van der Waals surface area contributed by atoms with Crippen molar-refractivity contribution in [1.29, 1.82) is 0 Å². The van der Waals surface area contributed by atoms with E-state index >= 15 is 0 Å². The van der Waals surface area contributed by atoms with Gasteiger partial charge in [0, 0.05) is 51.0 Å². The standard InChI is InChI=1S/C22H25FN4O/c1-28-22-8-7-18(13-21(22)23)15-25-9-11-26(12-10-25)16-19-14-24-27(17-19)20-5-3-2-4-6-20/h2-8,13-14,17H,9-12,15-16H2,1H3. The predicted octanol–water partition coefficient (Wildman–Crippen LogP) is 3.34. The summed E-state index contributed by atoms with van der Waals surface area (Å²) in [6.45, 7) is 5.60. The Morgan fingerprint density at radius 2 is 1.61 bits per heavy atom. The van der Waals surface area contributed by atoms with E-state index in [0.29, 0.717) is 5.75 Å². The molecule has 5 nitrogen and oxygen atoms in total. The van der Waals surface area contributed by atoms with E-state index in [4.69, 9.17) is 4.74 Å². The molecule has 0 amide bonds. The molecule has 1 aliphatic heterocycles. The molecule has 0 radical (unpaired) electrons. The van der Waals surface area contributed by atoms with E-state index in [-0.39, 0.29) is 5.82 Å². The highest BCUT2D eigenvalue weighted by Gasteiger charge is 2.18. The van der Waals surface area contributed by atoms with Crippen molar-refractivity contribution in [3.63, 3.8) is 0 Å². The third-order valence-electron chi connectivity index (χ3n) is 5.15. The summed E-state index contributed by atoms with van der Waals surface area (Å²) in [5, 5.41) is 4.48. The Kier molecular flexibility index (Phi) is 5.69. The highest BCUT2D eigenvalue weighted by atomic mass is 19.1. The SMILES string of the molecule is COc1ccc(CN2CCN(Cc3cnn(-c4ccccc4)c3)CC2)cc1F. The topological polar surface area (TPSA) is 33.5 Å². The lowest BCUT2D eigenvalue weighted by Crippen LogP contribution is -2.45. The molecule has 28 heavy (non-hydrogen) atoms. The van der Waals surface area contributed by atoms with Crippen LogP contribution in [0.5, 0.6) is 5.75 Å². The van der Waals surface area contributed by atoms with Gasteiger partial charge in [-0.25, -0.2) is 9.07 Å². The maximum Gasteiger partial charge on any atom is 0.165 e. The second-order valence-corrected chi connectivity index (χ2v) is 7.15. The van der Waals surface area contributed by atoms with Crippen molar-refractivity contribution in [2.75, 3.05) is 33.3 Å². The van der Waals surface area contributed by atoms with E-state index in [9.17, 15) is 4.39 Å². The first-order chi connectivity index (χ1) is 13.7. The molecule has 1 aromatic heterocycles. The molecule has 2 aromatic carbocycles. The van der Waals surface area contributed by atoms with Crippen molar-refractivity contribution >= 4 is 0 Å². The second-order valence-electron chi connectivity index (χ2n) is 7.15. The molecule has 0 saturated carbocycles. The highest BCUT2D eigenvalue weighted by Crippen LogP contribution is 2.19. The fourth-order valence-electron chi connectivity index (χ4n) is 3.59. The van der Waals surface area contributed by atoms with Crippen molar-refractivity contribution < 1.29 is 9.13 Å². The van der Waals surface area contributed by atoms with Gasteiger partial charge >= 0.3 is 0 Å². The van der Waals surface area contributed by atoms with Crippen LogP contribution in [0, 0.1) is 5.82 Å². The Morgan fingerprint density at radius 3 is 2.25 bits per heavy atom. The van der Waals surface area contributed by atoms with Crippen LogP contribution in [-0.4, -0.2) is 52.9 Å². The van der Waals surface area contributed by atoms with Gasteiger partial charge in [-0.05, 0) is 29.8 Å². The van der Waals surface area contributed by atoms with Crippen LogP contribution in [-0.2, 0) is 13.1 Å². The average molecular weight is 380 g/mol. The van der Waals surface area contributed by atoms with Crippen molar-refractivity contribution in [3.8, 4) is 11.4 Å². The number of hydrogen-bond acceptors (Lipinski definition) is 4. The van der Waals surface area contributed by atoms with Gasteiger partial charge in [-0.3, -0.25) is 9.80 Å². The van der Waals surface area contributed by atoms with E-state index in [2.05, 4.69) is 33.2 Å². The maximum atomic E-state index is 13.9. The van der Waals surface area contributed by atoms with E-state index in [1.165, 1.54) is 12.7 Å². The summed E-state index contributed by atoms with van der Waals surface area (Å²) < 4.78 is 20.8. The Hall–Kier alpha value is -2.70. The van der Waals surface area contributed by atoms with E-state index in [0.717, 1.165) is 50.5 Å². The van der Waals surface area contributed by atoms with Crippen LogP contribution in [0.3, 0.4) is 0 Å². The molecule has 1 saturated heterocycles. The van der Waals surface area contributed by atoms with Gasteiger partial charge in [0.2, 0.25) is 0 Å². The smallest absolute Gasteiger partial charge is 0.165 e. The molecule has 0 aliphatic carbocycles. The van der Waals surface area contributed by atoms with Gasteiger partial charge in [0.15, 0.2) is 11.6 Å². The Morgan fingerprint density at radius 1 is 0.929 bits per heavy atom. The number of piperazine rings is 1. The summed E-state index contributed by atoms with van der Waals surface area (Å²) in [6, 6.07) is 15.4. The molecule has 2 heterocycles. The van der Waals surface area contributed by atoms with Gasteiger partial charge in [-0.1, -0.05) is 24.3 Å². The Balaban J connectivity index is 1.29. The molecule has 0 bridgehead atoms. The lowest BCUT2D eigenvalue weighted by atomic mass is 10.1. The molecule has 0 atom stereocenters. The largest absolute Gasteiger partial charge is 0.494 e. The zero-order valence-corrected chi connectivity index (χ0v) is 16.1. The van der Waals surface area contributed by atoms with Crippen LogP contribution in [0.1, 0.15) is 11.1 Å². The summed E-state index contributed by atoms with van der Waals surface area (Å²) in [6.07, 6.45) is 4.04. The van der Waals surface area contributed by atoms with Gasteiger partial charge in [-0.2, -0.15) is 5.10 Å². The normalized spacial score (nSPS) is 15.6. The molecular weight excluding hydrogens is 355 g/mol. The Labute approximate surface area is 165 Å². The van der Waals surface area contributed by atoms with Crippen molar-refractivity contribution in [2.24, 2.45) is 0 Å². The predicted molar refractivity (Wildman–Crippen MR) is 107 cm³/mol. The van der Waals surface area contributed by atoms with Crippen LogP contribution in [0.2, 0.25) is 0 Å². The molecule has 0 spiro atoms. The zero-order valence-electron chi connectivity index (χ0n) is 16.1. The molecule has 146 valence electrons. The Bertz CT molecular complexity index is 904. The number of halogens is 1. The first-order valence-corrected chi connectivity index (χ1v) is 9.57. The van der Waals surface area contributed by atoms with Crippen LogP contribution in [0.25, 0.3) is 5.69 Å². The second kappa shape index (κ2) is 8.54. The molecule has 4 rings (SSSR count). The fraction of sp³-hybridized carbons (Fsp3) is 0.318. The number of nitrogens with zero attached hydrogens (tertiary/aromatic N) is 4. The van der Waals surface area contributed by atoms with E-state index < -0.39 is 0 Å². The van der Waals surface area contributed by atoms with Crippen LogP contribution in [0.4, 0.5) is 4.39 Å². The maximum absolute atomic E-state index is 13.9. The number of rotatable bonds is 6. The molecule has 0 N–H and O–H groups in total. The van der Waals surface area contributed by atoms with Gasteiger partial charge in [0.05, 0.1) is 19.0 Å². The average Bonchev–Trinajstić information content (AvgIpc) is 3.19. The third kappa shape index (κ3) is 4.40. The number of benzene rings is 2. The summed E-state index contributed by atoms with van der Waals surface area (Å²) in [4.78, 5) is 4.81.